The highest BCUT2D eigenvalue weighted by atomic mass is 15.2. The highest BCUT2D eigenvalue weighted by Gasteiger charge is 2.15. The average Bonchev–Trinajstić information content (AvgIpc) is 2.82. The summed E-state index contributed by atoms with van der Waals surface area (Å²) in [4.78, 5) is 8.85. The van der Waals surface area contributed by atoms with Gasteiger partial charge in [0.25, 0.3) is 0 Å². The molecule has 20 heavy (non-hydrogen) atoms. The first kappa shape index (κ1) is 14.7. The van der Waals surface area contributed by atoms with Crippen LogP contribution in [0.1, 0.15) is 42.2 Å². The van der Waals surface area contributed by atoms with Gasteiger partial charge in [0.1, 0.15) is 5.82 Å². The summed E-state index contributed by atoms with van der Waals surface area (Å²) in [5.41, 5.74) is 6.08. The van der Waals surface area contributed by atoms with Crippen LogP contribution in [0.3, 0.4) is 0 Å². The molecule has 0 aliphatic heterocycles. The fraction of sp³-hybridized carbons (Fsp3) is 0.467. The molecular formula is C15H23N5. The van der Waals surface area contributed by atoms with E-state index < -0.39 is 0 Å². The van der Waals surface area contributed by atoms with E-state index in [1.165, 1.54) is 0 Å². The average molecular weight is 273 g/mol. The Morgan fingerprint density at radius 1 is 1.30 bits per heavy atom. The quantitative estimate of drug-likeness (QED) is 0.624. The van der Waals surface area contributed by atoms with Crippen LogP contribution in [0.5, 0.6) is 0 Å². The van der Waals surface area contributed by atoms with E-state index in [0.717, 1.165) is 42.2 Å². The second kappa shape index (κ2) is 6.63. The first-order chi connectivity index (χ1) is 9.63. The lowest BCUT2D eigenvalue weighted by Crippen LogP contribution is -2.30. The third kappa shape index (κ3) is 3.43. The molecule has 0 radical (unpaired) electrons. The van der Waals surface area contributed by atoms with Crippen molar-refractivity contribution in [2.24, 2.45) is 5.84 Å². The van der Waals surface area contributed by atoms with Gasteiger partial charge in [0, 0.05) is 36.7 Å². The minimum atomic E-state index is 0.0495. The summed E-state index contributed by atoms with van der Waals surface area (Å²) in [5, 5.41) is 0. The zero-order valence-electron chi connectivity index (χ0n) is 12.4. The zero-order chi connectivity index (χ0) is 14.5. The molecule has 108 valence electrons. The minimum absolute atomic E-state index is 0.0495. The summed E-state index contributed by atoms with van der Waals surface area (Å²) >= 11 is 0. The van der Waals surface area contributed by atoms with Crippen LogP contribution < -0.4 is 11.3 Å². The maximum atomic E-state index is 5.74. The largest absolute Gasteiger partial charge is 0.335 e. The number of pyridine rings is 1. The smallest absolute Gasteiger partial charge is 0.110 e. The molecule has 1 atom stereocenters. The fourth-order valence-electron chi connectivity index (χ4n) is 2.50. The molecule has 0 fully saturated rings. The second-order valence-electron chi connectivity index (χ2n) is 5.14. The summed E-state index contributed by atoms with van der Waals surface area (Å²) in [7, 11) is 0. The molecular weight excluding hydrogens is 250 g/mol. The maximum absolute atomic E-state index is 5.74. The van der Waals surface area contributed by atoms with E-state index in [0.29, 0.717) is 0 Å². The highest BCUT2D eigenvalue weighted by molar-refractivity contribution is 5.24. The molecule has 0 aliphatic rings. The van der Waals surface area contributed by atoms with E-state index in [1.54, 1.807) is 0 Å². The molecule has 2 aromatic heterocycles. The number of imidazole rings is 1. The molecule has 0 bridgehead atoms. The Hall–Kier alpha value is -1.72. The Labute approximate surface area is 120 Å². The Morgan fingerprint density at radius 3 is 2.60 bits per heavy atom. The molecule has 5 heteroatoms. The molecule has 0 saturated carbocycles. The lowest BCUT2D eigenvalue weighted by molar-refractivity contribution is 0.516. The van der Waals surface area contributed by atoms with Gasteiger partial charge in [-0.15, -0.1) is 0 Å². The molecule has 5 nitrogen and oxygen atoms in total. The molecule has 0 amide bonds. The first-order valence-electron chi connectivity index (χ1n) is 7.05. The van der Waals surface area contributed by atoms with Gasteiger partial charge in [-0.3, -0.25) is 16.3 Å². The number of rotatable bonds is 6. The zero-order valence-corrected chi connectivity index (χ0v) is 12.4. The molecule has 0 saturated heterocycles. The third-order valence-electron chi connectivity index (χ3n) is 3.36. The molecule has 2 rings (SSSR count). The van der Waals surface area contributed by atoms with Gasteiger partial charge in [-0.1, -0.05) is 6.92 Å². The molecule has 2 heterocycles. The van der Waals surface area contributed by atoms with Gasteiger partial charge in [-0.25, -0.2) is 4.98 Å². The van der Waals surface area contributed by atoms with Crippen LogP contribution in [0.25, 0.3) is 0 Å². The number of hydrogen-bond donors (Lipinski definition) is 2. The number of hydrazine groups is 1. The van der Waals surface area contributed by atoms with Gasteiger partial charge in [0.15, 0.2) is 0 Å². The van der Waals surface area contributed by atoms with E-state index >= 15 is 0 Å². The van der Waals surface area contributed by atoms with Crippen molar-refractivity contribution in [1.29, 1.82) is 0 Å². The summed E-state index contributed by atoms with van der Waals surface area (Å²) in [6.07, 6.45) is 5.74. The maximum Gasteiger partial charge on any atom is 0.110 e. The number of aromatic nitrogens is 3. The SMILES string of the molecule is CCCn1ccnc1CC(NN)c1cc(C)nc(C)c1. The van der Waals surface area contributed by atoms with Crippen LogP contribution in [0, 0.1) is 13.8 Å². The van der Waals surface area contributed by atoms with Crippen molar-refractivity contribution in [1.82, 2.24) is 20.0 Å². The van der Waals surface area contributed by atoms with Crippen molar-refractivity contribution in [2.45, 2.75) is 46.2 Å². The summed E-state index contributed by atoms with van der Waals surface area (Å²) in [6, 6.07) is 4.20. The molecule has 0 aromatic carbocycles. The number of hydrogen-bond acceptors (Lipinski definition) is 4. The lowest BCUT2D eigenvalue weighted by Gasteiger charge is -2.18. The first-order valence-corrected chi connectivity index (χ1v) is 7.05. The van der Waals surface area contributed by atoms with Crippen LogP contribution >= 0.6 is 0 Å². The second-order valence-corrected chi connectivity index (χ2v) is 5.14. The number of nitrogens with zero attached hydrogens (tertiary/aromatic N) is 3. The van der Waals surface area contributed by atoms with E-state index in [-0.39, 0.29) is 6.04 Å². The van der Waals surface area contributed by atoms with Crippen molar-refractivity contribution < 1.29 is 0 Å². The van der Waals surface area contributed by atoms with Gasteiger partial charge in [0.2, 0.25) is 0 Å². The molecule has 0 aliphatic carbocycles. The normalized spacial score (nSPS) is 12.6. The van der Waals surface area contributed by atoms with E-state index in [1.807, 2.05) is 26.2 Å². The third-order valence-corrected chi connectivity index (χ3v) is 3.36. The fourth-order valence-corrected chi connectivity index (χ4v) is 2.50. The number of nitrogens with one attached hydrogen (secondary N) is 1. The number of aryl methyl sites for hydroxylation is 3. The number of nitrogens with two attached hydrogens (primary N) is 1. The van der Waals surface area contributed by atoms with E-state index in [4.69, 9.17) is 5.84 Å². The van der Waals surface area contributed by atoms with Crippen molar-refractivity contribution >= 4 is 0 Å². The monoisotopic (exact) mass is 273 g/mol. The van der Waals surface area contributed by atoms with Gasteiger partial charge < -0.3 is 4.57 Å². The van der Waals surface area contributed by atoms with E-state index in [2.05, 4.69) is 39.0 Å². The van der Waals surface area contributed by atoms with Gasteiger partial charge in [-0.05, 0) is 38.0 Å². The predicted molar refractivity (Wildman–Crippen MR) is 80.0 cm³/mol. The molecule has 1 unspecified atom stereocenters. The Balaban J connectivity index is 2.22. The molecule has 3 N–H and O–H groups in total. The van der Waals surface area contributed by atoms with Crippen LogP contribution in [0.2, 0.25) is 0 Å². The van der Waals surface area contributed by atoms with Crippen molar-refractivity contribution in [3.8, 4) is 0 Å². The van der Waals surface area contributed by atoms with E-state index in [9.17, 15) is 0 Å². The Bertz CT molecular complexity index is 541. The highest BCUT2D eigenvalue weighted by Crippen LogP contribution is 2.18. The summed E-state index contributed by atoms with van der Waals surface area (Å²) in [5.74, 6) is 6.80. The van der Waals surface area contributed by atoms with Crippen molar-refractivity contribution in [3.63, 3.8) is 0 Å². The van der Waals surface area contributed by atoms with Gasteiger partial charge in [0.05, 0.1) is 6.04 Å². The standard InChI is InChI=1S/C15H23N5/c1-4-6-20-7-5-17-15(20)10-14(19-16)13-8-11(2)18-12(3)9-13/h5,7-9,14,19H,4,6,10,16H2,1-3H3. The molecule has 0 spiro atoms. The van der Waals surface area contributed by atoms with Crippen LogP contribution in [0.15, 0.2) is 24.5 Å². The van der Waals surface area contributed by atoms with Gasteiger partial charge >= 0.3 is 0 Å². The van der Waals surface area contributed by atoms with Gasteiger partial charge in [-0.2, -0.15) is 0 Å². The van der Waals surface area contributed by atoms with Crippen molar-refractivity contribution in [2.75, 3.05) is 0 Å². The molecule has 2 aromatic rings. The topological polar surface area (TPSA) is 68.8 Å². The summed E-state index contributed by atoms with van der Waals surface area (Å²) in [6.45, 7) is 7.16. The predicted octanol–water partition coefficient (Wildman–Crippen LogP) is 2.05. The minimum Gasteiger partial charge on any atom is -0.335 e. The summed E-state index contributed by atoms with van der Waals surface area (Å²) < 4.78 is 2.19. The van der Waals surface area contributed by atoms with Crippen LogP contribution in [0.4, 0.5) is 0 Å². The Morgan fingerprint density at radius 2 is 2.00 bits per heavy atom. The van der Waals surface area contributed by atoms with Crippen LogP contribution in [-0.2, 0) is 13.0 Å². The van der Waals surface area contributed by atoms with Crippen molar-refractivity contribution in [3.05, 3.63) is 47.3 Å². The van der Waals surface area contributed by atoms with Crippen LogP contribution in [-0.4, -0.2) is 14.5 Å². The lowest BCUT2D eigenvalue weighted by atomic mass is 10.0. The Kier molecular flexibility index (Phi) is 4.87.